The highest BCUT2D eigenvalue weighted by atomic mass is 32.2. The third kappa shape index (κ3) is 5.74. The Labute approximate surface area is 190 Å². The molecular formula is C22H29N3O5S2. The normalized spacial score (nSPS) is 16.8. The van der Waals surface area contributed by atoms with Gasteiger partial charge in [0.2, 0.25) is 26.0 Å². The second kappa shape index (κ2) is 10.1. The summed E-state index contributed by atoms with van der Waals surface area (Å²) in [5.74, 6) is -0.591. The molecule has 0 radical (unpaired) electrons. The fourth-order valence-electron chi connectivity index (χ4n) is 3.58. The van der Waals surface area contributed by atoms with Crippen molar-refractivity contribution < 1.29 is 21.6 Å². The molecule has 8 nitrogen and oxygen atoms in total. The molecule has 0 aromatic heterocycles. The van der Waals surface area contributed by atoms with Crippen LogP contribution in [0.3, 0.4) is 0 Å². The lowest BCUT2D eigenvalue weighted by molar-refractivity contribution is -0.117. The van der Waals surface area contributed by atoms with Crippen molar-refractivity contribution in [3.63, 3.8) is 0 Å². The predicted molar refractivity (Wildman–Crippen MR) is 123 cm³/mol. The molecule has 3 rings (SSSR count). The number of aryl methyl sites for hydroxylation is 1. The average molecular weight is 480 g/mol. The third-order valence-corrected chi connectivity index (χ3v) is 9.01. The summed E-state index contributed by atoms with van der Waals surface area (Å²) in [5.41, 5.74) is 0.879. The topological polar surface area (TPSA) is 113 Å². The van der Waals surface area contributed by atoms with Crippen LogP contribution in [0.5, 0.6) is 0 Å². The largest absolute Gasteiger partial charge is 0.325 e. The number of anilines is 1. The fraction of sp³-hybridized carbons (Fsp3) is 0.409. The number of amides is 1. The van der Waals surface area contributed by atoms with E-state index in [1.165, 1.54) is 29.4 Å². The number of hydrogen-bond donors (Lipinski definition) is 2. The Morgan fingerprint density at radius 3 is 2.19 bits per heavy atom. The molecule has 1 aliphatic rings. The molecule has 174 valence electrons. The molecule has 0 spiro atoms. The van der Waals surface area contributed by atoms with Crippen LogP contribution in [-0.4, -0.2) is 46.2 Å². The van der Waals surface area contributed by atoms with E-state index in [1.807, 2.05) is 0 Å². The quantitative estimate of drug-likeness (QED) is 0.634. The molecule has 0 saturated carbocycles. The summed E-state index contributed by atoms with van der Waals surface area (Å²) in [5, 5.41) is 2.62. The lowest BCUT2D eigenvalue weighted by Crippen LogP contribution is -2.41. The number of rotatable bonds is 7. The second-order valence-corrected chi connectivity index (χ2v) is 11.6. The fourth-order valence-corrected chi connectivity index (χ4v) is 6.57. The zero-order chi connectivity index (χ0) is 23.4. The first-order valence-electron chi connectivity index (χ1n) is 10.6. The first-order chi connectivity index (χ1) is 15.1. The van der Waals surface area contributed by atoms with Crippen LogP contribution in [0, 0.1) is 6.92 Å². The van der Waals surface area contributed by atoms with Crippen LogP contribution in [0.15, 0.2) is 58.3 Å². The lowest BCUT2D eigenvalue weighted by atomic mass is 10.2. The first-order valence-corrected chi connectivity index (χ1v) is 13.5. The number of sulfonamides is 2. The van der Waals surface area contributed by atoms with E-state index in [0.717, 1.165) is 25.7 Å². The molecule has 32 heavy (non-hydrogen) atoms. The van der Waals surface area contributed by atoms with Gasteiger partial charge in [-0.3, -0.25) is 4.79 Å². The highest BCUT2D eigenvalue weighted by Crippen LogP contribution is 2.26. The Morgan fingerprint density at radius 2 is 1.56 bits per heavy atom. The van der Waals surface area contributed by atoms with Gasteiger partial charge in [-0.25, -0.2) is 16.8 Å². The molecule has 1 atom stereocenters. The second-order valence-electron chi connectivity index (χ2n) is 7.94. The van der Waals surface area contributed by atoms with Gasteiger partial charge in [0.15, 0.2) is 0 Å². The van der Waals surface area contributed by atoms with Crippen molar-refractivity contribution in [2.24, 2.45) is 0 Å². The van der Waals surface area contributed by atoms with Gasteiger partial charge in [0.25, 0.3) is 0 Å². The molecular weight excluding hydrogens is 450 g/mol. The molecule has 1 aliphatic heterocycles. The zero-order valence-corrected chi connectivity index (χ0v) is 19.9. The highest BCUT2D eigenvalue weighted by Gasteiger charge is 2.27. The Balaban J connectivity index is 1.76. The summed E-state index contributed by atoms with van der Waals surface area (Å²) in [6.07, 6.45) is 3.68. The molecule has 0 aliphatic carbocycles. The molecule has 1 fully saturated rings. The summed E-state index contributed by atoms with van der Waals surface area (Å²) in [6, 6.07) is 11.4. The molecule has 1 amide bonds. The number of carbonyl (C=O) groups excluding carboxylic acids is 1. The maximum absolute atomic E-state index is 13.2. The van der Waals surface area contributed by atoms with E-state index in [2.05, 4.69) is 10.0 Å². The lowest BCUT2D eigenvalue weighted by Gasteiger charge is -2.22. The average Bonchev–Trinajstić information content (AvgIpc) is 3.05. The summed E-state index contributed by atoms with van der Waals surface area (Å²) >= 11 is 0. The molecule has 2 aromatic rings. The predicted octanol–water partition coefficient (Wildman–Crippen LogP) is 2.87. The van der Waals surface area contributed by atoms with Gasteiger partial charge in [-0.05, 0) is 56.5 Å². The Hall–Kier alpha value is -2.27. The van der Waals surface area contributed by atoms with Crippen molar-refractivity contribution in [3.8, 4) is 0 Å². The smallest absolute Gasteiger partial charge is 0.243 e. The number of benzene rings is 2. The third-order valence-electron chi connectivity index (χ3n) is 5.42. The van der Waals surface area contributed by atoms with Crippen LogP contribution in [0.25, 0.3) is 0 Å². The standard InChI is InChI=1S/C22H29N3O5S2/c1-17-12-13-19(16-21(17)32(29,30)25-14-8-3-4-9-15-25)23-22(26)18(2)24-31(27,28)20-10-6-5-7-11-20/h5-7,10-13,16,18,24H,3-4,8-9,14-15H2,1-2H3,(H,23,26). The molecule has 1 heterocycles. The summed E-state index contributed by atoms with van der Waals surface area (Å²) in [6.45, 7) is 4.11. The summed E-state index contributed by atoms with van der Waals surface area (Å²) < 4.78 is 55.2. The molecule has 1 unspecified atom stereocenters. The van der Waals surface area contributed by atoms with Crippen LogP contribution in [0.4, 0.5) is 5.69 Å². The van der Waals surface area contributed by atoms with Gasteiger partial charge >= 0.3 is 0 Å². The van der Waals surface area contributed by atoms with Crippen LogP contribution < -0.4 is 10.0 Å². The molecule has 2 aromatic carbocycles. The van der Waals surface area contributed by atoms with Crippen LogP contribution >= 0.6 is 0 Å². The van der Waals surface area contributed by atoms with Crippen molar-refractivity contribution in [1.29, 1.82) is 0 Å². The van der Waals surface area contributed by atoms with E-state index in [-0.39, 0.29) is 9.79 Å². The maximum atomic E-state index is 13.2. The van der Waals surface area contributed by atoms with Gasteiger partial charge in [-0.1, -0.05) is 37.1 Å². The Bertz CT molecular complexity index is 1160. The van der Waals surface area contributed by atoms with E-state index >= 15 is 0 Å². The maximum Gasteiger partial charge on any atom is 0.243 e. The minimum Gasteiger partial charge on any atom is -0.325 e. The number of nitrogens with zero attached hydrogens (tertiary/aromatic N) is 1. The van der Waals surface area contributed by atoms with Crippen molar-refractivity contribution in [2.45, 2.75) is 55.4 Å². The van der Waals surface area contributed by atoms with Crippen molar-refractivity contribution in [3.05, 3.63) is 54.1 Å². The zero-order valence-electron chi connectivity index (χ0n) is 18.2. The van der Waals surface area contributed by atoms with Crippen LogP contribution in [0.2, 0.25) is 0 Å². The van der Waals surface area contributed by atoms with E-state index in [4.69, 9.17) is 0 Å². The minimum atomic E-state index is -3.87. The first kappa shape index (κ1) is 24.4. The SMILES string of the molecule is Cc1ccc(NC(=O)C(C)NS(=O)(=O)c2ccccc2)cc1S(=O)(=O)N1CCCCCC1. The van der Waals surface area contributed by atoms with Gasteiger partial charge in [0.1, 0.15) is 0 Å². The van der Waals surface area contributed by atoms with Crippen LogP contribution in [0.1, 0.15) is 38.2 Å². The summed E-state index contributed by atoms with van der Waals surface area (Å²) in [4.78, 5) is 12.8. The Kier molecular flexibility index (Phi) is 7.71. The number of nitrogens with one attached hydrogen (secondary N) is 2. The van der Waals surface area contributed by atoms with Crippen molar-refractivity contribution in [1.82, 2.24) is 9.03 Å². The van der Waals surface area contributed by atoms with E-state index in [9.17, 15) is 21.6 Å². The highest BCUT2D eigenvalue weighted by molar-refractivity contribution is 7.89. The number of carbonyl (C=O) groups is 1. The van der Waals surface area contributed by atoms with Gasteiger partial charge in [-0.15, -0.1) is 0 Å². The molecule has 2 N–H and O–H groups in total. The van der Waals surface area contributed by atoms with Crippen molar-refractivity contribution in [2.75, 3.05) is 18.4 Å². The van der Waals surface area contributed by atoms with E-state index in [0.29, 0.717) is 24.3 Å². The summed E-state index contributed by atoms with van der Waals surface area (Å²) in [7, 11) is -7.56. The molecule has 0 bridgehead atoms. The van der Waals surface area contributed by atoms with E-state index < -0.39 is 32.0 Å². The van der Waals surface area contributed by atoms with E-state index in [1.54, 1.807) is 37.3 Å². The van der Waals surface area contributed by atoms with Gasteiger partial charge in [0, 0.05) is 18.8 Å². The van der Waals surface area contributed by atoms with Crippen molar-refractivity contribution >= 4 is 31.6 Å². The number of hydrogen-bond acceptors (Lipinski definition) is 5. The monoisotopic (exact) mass is 479 g/mol. The van der Waals surface area contributed by atoms with Gasteiger partial charge in [-0.2, -0.15) is 9.03 Å². The van der Waals surface area contributed by atoms with Gasteiger partial charge in [0.05, 0.1) is 15.8 Å². The molecule has 10 heteroatoms. The Morgan fingerprint density at radius 1 is 0.938 bits per heavy atom. The van der Waals surface area contributed by atoms with Crippen LogP contribution in [-0.2, 0) is 24.8 Å². The van der Waals surface area contributed by atoms with Gasteiger partial charge < -0.3 is 5.32 Å². The minimum absolute atomic E-state index is 0.0563. The molecule has 1 saturated heterocycles.